The predicted molar refractivity (Wildman–Crippen MR) is 109 cm³/mol. The Morgan fingerprint density at radius 3 is 2.50 bits per heavy atom. The van der Waals surface area contributed by atoms with Crippen molar-refractivity contribution in [2.75, 3.05) is 0 Å². The summed E-state index contributed by atoms with van der Waals surface area (Å²) >= 11 is 0. The van der Waals surface area contributed by atoms with Crippen molar-refractivity contribution >= 4 is 0 Å². The molecule has 0 aliphatic carbocycles. The lowest BCUT2D eigenvalue weighted by molar-refractivity contribution is 0.510. The van der Waals surface area contributed by atoms with Gasteiger partial charge in [0.05, 0.1) is 24.5 Å². The molecule has 0 atom stereocenters. The Hall–Kier alpha value is -4.00. The van der Waals surface area contributed by atoms with E-state index >= 15 is 0 Å². The van der Waals surface area contributed by atoms with Crippen LogP contribution in [-0.4, -0.2) is 24.7 Å². The van der Waals surface area contributed by atoms with Crippen LogP contribution < -0.4 is 0 Å². The van der Waals surface area contributed by atoms with Gasteiger partial charge < -0.3 is 0 Å². The van der Waals surface area contributed by atoms with Crippen molar-refractivity contribution in [3.05, 3.63) is 96.6 Å². The third-order valence-corrected chi connectivity index (χ3v) is 4.79. The maximum absolute atomic E-state index is 14.1. The second kappa shape index (κ2) is 7.44. The number of halogens is 2. The molecule has 2 aliphatic rings. The molecule has 0 spiro atoms. The molecule has 30 heavy (non-hydrogen) atoms. The Kier molecular flexibility index (Phi) is 4.48. The molecule has 3 heterocycles. The van der Waals surface area contributed by atoms with Gasteiger partial charge in [-0.3, -0.25) is 9.67 Å². The Morgan fingerprint density at radius 1 is 0.833 bits per heavy atom. The normalized spacial score (nSPS) is 11.1. The van der Waals surface area contributed by atoms with E-state index in [0.29, 0.717) is 17.9 Å². The van der Waals surface area contributed by atoms with E-state index in [4.69, 9.17) is 0 Å². The fraction of sp³-hybridized carbons (Fsp3) is 0.0435. The van der Waals surface area contributed by atoms with Crippen molar-refractivity contribution in [1.82, 2.24) is 24.7 Å². The first-order chi connectivity index (χ1) is 14.7. The minimum atomic E-state index is -0.957. The zero-order valence-electron chi connectivity index (χ0n) is 15.7. The fourth-order valence-corrected chi connectivity index (χ4v) is 3.33. The third kappa shape index (κ3) is 3.41. The number of imidazole rings is 1. The van der Waals surface area contributed by atoms with Gasteiger partial charge in [0.2, 0.25) is 0 Å². The van der Waals surface area contributed by atoms with Gasteiger partial charge in [0.25, 0.3) is 0 Å². The number of fused-ring (bicyclic) bond motifs is 1. The highest BCUT2D eigenvalue weighted by Gasteiger charge is 2.18. The van der Waals surface area contributed by atoms with E-state index in [1.165, 1.54) is 12.1 Å². The van der Waals surface area contributed by atoms with E-state index in [-0.39, 0.29) is 11.4 Å². The van der Waals surface area contributed by atoms with E-state index in [9.17, 15) is 8.78 Å². The Balaban J connectivity index is 1.45. The number of hydrogen-bond donors (Lipinski definition) is 0. The average molecular weight is 399 g/mol. The zero-order valence-corrected chi connectivity index (χ0v) is 15.7. The van der Waals surface area contributed by atoms with Gasteiger partial charge >= 0.3 is 0 Å². The molecule has 146 valence electrons. The summed E-state index contributed by atoms with van der Waals surface area (Å²) in [5.41, 5.74) is 4.36. The zero-order chi connectivity index (χ0) is 20.5. The maximum atomic E-state index is 14.1. The van der Waals surface area contributed by atoms with Gasteiger partial charge in [-0.05, 0) is 47.0 Å². The Morgan fingerprint density at radius 2 is 1.63 bits per heavy atom. The summed E-state index contributed by atoms with van der Waals surface area (Å²) in [6, 6.07) is 16.0. The maximum Gasteiger partial charge on any atom is 0.169 e. The molecule has 0 amide bonds. The highest BCUT2D eigenvalue weighted by atomic mass is 19.2. The Labute approximate surface area is 171 Å². The standard InChI is InChI=1S/C23H15F2N5/c24-19-6-2-5-18(22(19)25)23-28-20-12-27-30(14-21(20)29-23)13-15-3-1-4-17(11-15)16-7-9-26-10-8-16/h1-12,14H,13H2. The molecule has 0 saturated heterocycles. The summed E-state index contributed by atoms with van der Waals surface area (Å²) in [6.07, 6.45) is 6.86. The molecule has 3 aromatic rings. The minimum absolute atomic E-state index is 0.0304. The second-order valence-electron chi connectivity index (χ2n) is 6.83. The first kappa shape index (κ1) is 18.1. The van der Waals surface area contributed by atoms with Gasteiger partial charge in [-0.15, -0.1) is 0 Å². The van der Waals surface area contributed by atoms with Crippen molar-refractivity contribution < 1.29 is 8.78 Å². The van der Waals surface area contributed by atoms with Crippen LogP contribution >= 0.6 is 0 Å². The molecule has 0 fully saturated rings. The van der Waals surface area contributed by atoms with Gasteiger partial charge in [-0.1, -0.05) is 24.3 Å². The summed E-state index contributed by atoms with van der Waals surface area (Å²) in [5.74, 6) is -1.74. The van der Waals surface area contributed by atoms with Crippen LogP contribution in [0.2, 0.25) is 0 Å². The topological polar surface area (TPSA) is 56.5 Å². The largest absolute Gasteiger partial charge is 0.266 e. The number of rotatable bonds is 4. The predicted octanol–water partition coefficient (Wildman–Crippen LogP) is 4.83. The molecule has 0 bridgehead atoms. The van der Waals surface area contributed by atoms with Crippen LogP contribution in [0.25, 0.3) is 33.9 Å². The van der Waals surface area contributed by atoms with Gasteiger partial charge in [-0.25, -0.2) is 18.7 Å². The van der Waals surface area contributed by atoms with E-state index in [1.807, 2.05) is 30.3 Å². The van der Waals surface area contributed by atoms with Crippen molar-refractivity contribution in [1.29, 1.82) is 0 Å². The second-order valence-corrected chi connectivity index (χ2v) is 6.83. The summed E-state index contributed by atoms with van der Waals surface area (Å²) in [6.45, 7) is 0.533. The van der Waals surface area contributed by atoms with Crippen molar-refractivity contribution in [3.8, 4) is 33.9 Å². The molecule has 5 nitrogen and oxygen atoms in total. The van der Waals surface area contributed by atoms with Gasteiger partial charge in [0, 0.05) is 12.4 Å². The molecular formula is C23H15F2N5. The van der Waals surface area contributed by atoms with Gasteiger partial charge in [0.15, 0.2) is 17.5 Å². The Bertz CT molecular complexity index is 1300. The lowest BCUT2D eigenvalue weighted by Crippen LogP contribution is -2.05. The molecule has 1 aromatic heterocycles. The average Bonchev–Trinajstić information content (AvgIpc) is 3.19. The number of hydrogen-bond acceptors (Lipinski definition) is 4. The van der Waals surface area contributed by atoms with Crippen molar-refractivity contribution in [3.63, 3.8) is 0 Å². The summed E-state index contributed by atoms with van der Waals surface area (Å²) in [4.78, 5) is 12.7. The van der Waals surface area contributed by atoms with E-state index in [0.717, 1.165) is 22.8 Å². The molecule has 7 heteroatoms. The van der Waals surface area contributed by atoms with Gasteiger partial charge in [-0.2, -0.15) is 5.10 Å². The van der Waals surface area contributed by atoms with Crippen LogP contribution in [0.1, 0.15) is 5.56 Å². The van der Waals surface area contributed by atoms with Crippen molar-refractivity contribution in [2.45, 2.75) is 6.54 Å². The quantitative estimate of drug-likeness (QED) is 0.434. The molecule has 0 radical (unpaired) electrons. The number of benzene rings is 2. The summed E-state index contributed by atoms with van der Waals surface area (Å²) in [7, 11) is 0. The van der Waals surface area contributed by atoms with E-state index < -0.39 is 11.6 Å². The molecule has 5 rings (SSSR count). The first-order valence-electron chi connectivity index (χ1n) is 9.31. The molecule has 2 aromatic carbocycles. The highest BCUT2D eigenvalue weighted by Crippen LogP contribution is 2.27. The van der Waals surface area contributed by atoms with Crippen LogP contribution in [0.3, 0.4) is 0 Å². The summed E-state index contributed by atoms with van der Waals surface area (Å²) < 4.78 is 29.4. The van der Waals surface area contributed by atoms with Crippen LogP contribution in [0.15, 0.2) is 79.4 Å². The van der Waals surface area contributed by atoms with Crippen LogP contribution in [0, 0.1) is 11.6 Å². The van der Waals surface area contributed by atoms with E-state index in [1.54, 1.807) is 29.5 Å². The number of nitrogens with zero attached hydrogens (tertiary/aromatic N) is 5. The monoisotopic (exact) mass is 399 g/mol. The summed E-state index contributed by atoms with van der Waals surface area (Å²) in [5, 5.41) is 4.39. The number of aromatic nitrogens is 5. The smallest absolute Gasteiger partial charge is 0.169 e. The number of pyridine rings is 1. The van der Waals surface area contributed by atoms with Crippen LogP contribution in [0.5, 0.6) is 0 Å². The SMILES string of the molecule is Fc1cccc(-c2nc3cnn(Cc4cccc(-c5ccncc5)c4)cc-3n2)c1F. The minimum Gasteiger partial charge on any atom is -0.266 e. The molecule has 0 saturated carbocycles. The van der Waals surface area contributed by atoms with Crippen molar-refractivity contribution in [2.24, 2.45) is 0 Å². The third-order valence-electron chi connectivity index (χ3n) is 4.79. The highest BCUT2D eigenvalue weighted by molar-refractivity contribution is 5.66. The van der Waals surface area contributed by atoms with Gasteiger partial charge in [0.1, 0.15) is 11.4 Å². The molecule has 2 aliphatic heterocycles. The first-order valence-corrected chi connectivity index (χ1v) is 9.31. The molecular weight excluding hydrogens is 384 g/mol. The molecule has 0 N–H and O–H groups in total. The van der Waals surface area contributed by atoms with Crippen LogP contribution in [-0.2, 0) is 6.54 Å². The fourth-order valence-electron chi connectivity index (χ4n) is 3.33. The van der Waals surface area contributed by atoms with Crippen LogP contribution in [0.4, 0.5) is 8.78 Å². The van der Waals surface area contributed by atoms with E-state index in [2.05, 4.69) is 26.1 Å². The lowest BCUT2D eigenvalue weighted by atomic mass is 10.0. The molecule has 0 unspecified atom stereocenters. The lowest BCUT2D eigenvalue weighted by Gasteiger charge is -2.08.